The van der Waals surface area contributed by atoms with E-state index < -0.39 is 30.1 Å². The van der Waals surface area contributed by atoms with E-state index in [1.807, 2.05) is 0 Å². The lowest BCUT2D eigenvalue weighted by molar-refractivity contribution is -0.155. The smallest absolute Gasteiger partial charge is 0.347 e. The second-order valence-corrected chi connectivity index (χ2v) is 6.69. The largest absolute Gasteiger partial charge is 0.479 e. The molecule has 1 fully saturated rings. The Balaban J connectivity index is 1.78. The van der Waals surface area contributed by atoms with E-state index in [0.29, 0.717) is 18.6 Å². The molecule has 1 aliphatic carbocycles. The van der Waals surface area contributed by atoms with Crippen molar-refractivity contribution in [2.45, 2.75) is 44.2 Å². The standard InChI is InChI=1S/C17H19BrN2O4/c1-12(24-14-6-4-13(18)5-7-14)16(22)23-10-15(21)20-17(11-19)8-2-3-9-17/h4-7,12H,2-3,8-10H2,1H3,(H,20,21)/t12-/m0/s1. The summed E-state index contributed by atoms with van der Waals surface area (Å²) in [6.45, 7) is 1.13. The molecular weight excluding hydrogens is 376 g/mol. The molecule has 0 bridgehead atoms. The summed E-state index contributed by atoms with van der Waals surface area (Å²) in [6.07, 6.45) is 2.24. The van der Waals surface area contributed by atoms with E-state index in [9.17, 15) is 14.9 Å². The minimum absolute atomic E-state index is 0.420. The molecule has 1 aliphatic rings. The Morgan fingerprint density at radius 2 is 1.96 bits per heavy atom. The number of hydrogen-bond acceptors (Lipinski definition) is 5. The molecule has 1 N–H and O–H groups in total. The average Bonchev–Trinajstić information content (AvgIpc) is 3.03. The van der Waals surface area contributed by atoms with Gasteiger partial charge in [-0.1, -0.05) is 15.9 Å². The van der Waals surface area contributed by atoms with Crippen LogP contribution in [0.1, 0.15) is 32.6 Å². The van der Waals surface area contributed by atoms with Gasteiger partial charge in [0.2, 0.25) is 0 Å². The number of carbonyl (C=O) groups is 2. The van der Waals surface area contributed by atoms with Gasteiger partial charge in [0, 0.05) is 4.47 Å². The third-order valence-corrected chi connectivity index (χ3v) is 4.38. The van der Waals surface area contributed by atoms with Gasteiger partial charge in [-0.2, -0.15) is 5.26 Å². The Morgan fingerprint density at radius 1 is 1.33 bits per heavy atom. The molecule has 0 aliphatic heterocycles. The van der Waals surface area contributed by atoms with Crippen LogP contribution in [0.2, 0.25) is 0 Å². The first-order chi connectivity index (χ1) is 11.4. The molecule has 2 rings (SSSR count). The Morgan fingerprint density at radius 3 is 2.54 bits per heavy atom. The number of nitrogens with zero attached hydrogens (tertiary/aromatic N) is 1. The van der Waals surface area contributed by atoms with Gasteiger partial charge in [-0.15, -0.1) is 0 Å². The van der Waals surface area contributed by atoms with Crippen molar-refractivity contribution >= 4 is 27.8 Å². The first-order valence-corrected chi connectivity index (χ1v) is 8.54. The summed E-state index contributed by atoms with van der Waals surface area (Å²) in [5.74, 6) is -0.574. The minimum Gasteiger partial charge on any atom is -0.479 e. The highest BCUT2D eigenvalue weighted by Crippen LogP contribution is 2.28. The lowest BCUT2D eigenvalue weighted by atomic mass is 10.00. The monoisotopic (exact) mass is 394 g/mol. The molecule has 6 nitrogen and oxygen atoms in total. The van der Waals surface area contributed by atoms with E-state index in [-0.39, 0.29) is 0 Å². The SMILES string of the molecule is C[C@H](Oc1ccc(Br)cc1)C(=O)OCC(=O)NC1(C#N)CCCC1. The maximum absolute atomic E-state index is 11.9. The molecule has 1 saturated carbocycles. The number of esters is 1. The van der Waals surface area contributed by atoms with Crippen LogP contribution >= 0.6 is 15.9 Å². The number of benzene rings is 1. The normalized spacial score (nSPS) is 16.7. The predicted octanol–water partition coefficient (Wildman–Crippen LogP) is 2.71. The second kappa shape index (κ2) is 8.15. The van der Waals surface area contributed by atoms with Gasteiger partial charge in [-0.3, -0.25) is 4.79 Å². The number of carbonyl (C=O) groups excluding carboxylic acids is 2. The van der Waals surface area contributed by atoms with Crippen molar-refractivity contribution < 1.29 is 19.1 Å². The Labute approximate surface area is 149 Å². The van der Waals surface area contributed by atoms with Crippen molar-refractivity contribution in [3.8, 4) is 11.8 Å². The summed E-state index contributed by atoms with van der Waals surface area (Å²) in [5.41, 5.74) is -0.816. The molecule has 1 aromatic rings. The molecule has 1 atom stereocenters. The fraction of sp³-hybridized carbons (Fsp3) is 0.471. The molecule has 1 amide bonds. The van der Waals surface area contributed by atoms with Gasteiger partial charge in [-0.25, -0.2) is 4.79 Å². The zero-order valence-electron chi connectivity index (χ0n) is 13.4. The Kier molecular flexibility index (Phi) is 6.21. The molecule has 7 heteroatoms. The van der Waals surface area contributed by atoms with Crippen LogP contribution in [0, 0.1) is 11.3 Å². The van der Waals surface area contributed by atoms with Crippen LogP contribution in [0.5, 0.6) is 5.75 Å². The van der Waals surface area contributed by atoms with Gasteiger partial charge in [0.1, 0.15) is 11.3 Å². The molecule has 1 aromatic carbocycles. The first-order valence-electron chi connectivity index (χ1n) is 7.75. The number of rotatable bonds is 6. The van der Waals surface area contributed by atoms with Crippen LogP contribution in [0.4, 0.5) is 0 Å². The lowest BCUT2D eigenvalue weighted by Gasteiger charge is -2.22. The fourth-order valence-corrected chi connectivity index (χ4v) is 2.83. The van der Waals surface area contributed by atoms with Gasteiger partial charge in [0.05, 0.1) is 6.07 Å². The molecule has 0 radical (unpaired) electrons. The molecule has 0 aromatic heterocycles. The molecule has 0 heterocycles. The van der Waals surface area contributed by atoms with E-state index >= 15 is 0 Å². The van der Waals surface area contributed by atoms with Crippen LogP contribution in [-0.2, 0) is 14.3 Å². The quantitative estimate of drug-likeness (QED) is 0.749. The van der Waals surface area contributed by atoms with Gasteiger partial charge in [0.15, 0.2) is 12.7 Å². The average molecular weight is 395 g/mol. The highest BCUT2D eigenvalue weighted by molar-refractivity contribution is 9.10. The number of hydrogen-bond donors (Lipinski definition) is 1. The molecule has 0 unspecified atom stereocenters. The molecule has 0 saturated heterocycles. The van der Waals surface area contributed by atoms with Gasteiger partial charge in [0.25, 0.3) is 5.91 Å². The zero-order valence-corrected chi connectivity index (χ0v) is 15.0. The molecule has 0 spiro atoms. The van der Waals surface area contributed by atoms with Crippen LogP contribution < -0.4 is 10.1 Å². The molecule has 128 valence electrons. The van der Waals surface area contributed by atoms with E-state index in [2.05, 4.69) is 27.3 Å². The fourth-order valence-electron chi connectivity index (χ4n) is 2.57. The zero-order chi connectivity index (χ0) is 17.6. The molecule has 24 heavy (non-hydrogen) atoms. The van der Waals surface area contributed by atoms with Crippen LogP contribution in [-0.4, -0.2) is 30.1 Å². The number of nitriles is 1. The summed E-state index contributed by atoms with van der Waals surface area (Å²) in [5, 5.41) is 11.9. The van der Waals surface area contributed by atoms with Crippen molar-refractivity contribution in [2.24, 2.45) is 0 Å². The van der Waals surface area contributed by atoms with E-state index in [0.717, 1.165) is 17.3 Å². The number of halogens is 1. The maximum atomic E-state index is 11.9. The minimum atomic E-state index is -0.838. The van der Waals surface area contributed by atoms with Crippen molar-refractivity contribution in [3.05, 3.63) is 28.7 Å². The maximum Gasteiger partial charge on any atom is 0.347 e. The summed E-state index contributed by atoms with van der Waals surface area (Å²) in [6, 6.07) is 9.18. The van der Waals surface area contributed by atoms with E-state index in [1.165, 1.54) is 0 Å². The van der Waals surface area contributed by atoms with Crippen molar-refractivity contribution in [3.63, 3.8) is 0 Å². The topological polar surface area (TPSA) is 88.4 Å². The van der Waals surface area contributed by atoms with Gasteiger partial charge < -0.3 is 14.8 Å². The van der Waals surface area contributed by atoms with Crippen molar-refractivity contribution in [2.75, 3.05) is 6.61 Å². The summed E-state index contributed by atoms with van der Waals surface area (Å²) in [4.78, 5) is 23.8. The first kappa shape index (κ1) is 18.3. The van der Waals surface area contributed by atoms with Crippen LogP contribution in [0.15, 0.2) is 28.7 Å². The molecular formula is C17H19BrN2O4. The van der Waals surface area contributed by atoms with Gasteiger partial charge >= 0.3 is 5.97 Å². The van der Waals surface area contributed by atoms with E-state index in [1.54, 1.807) is 31.2 Å². The summed E-state index contributed by atoms with van der Waals surface area (Å²) >= 11 is 3.31. The summed E-state index contributed by atoms with van der Waals surface area (Å²) in [7, 11) is 0. The van der Waals surface area contributed by atoms with Crippen molar-refractivity contribution in [1.82, 2.24) is 5.32 Å². The highest BCUT2D eigenvalue weighted by Gasteiger charge is 2.35. The number of nitrogens with one attached hydrogen (secondary N) is 1. The second-order valence-electron chi connectivity index (χ2n) is 5.77. The third kappa shape index (κ3) is 4.96. The van der Waals surface area contributed by atoms with Gasteiger partial charge in [-0.05, 0) is 56.9 Å². The number of ether oxygens (including phenoxy) is 2. The third-order valence-electron chi connectivity index (χ3n) is 3.85. The number of amides is 1. The van der Waals surface area contributed by atoms with Crippen LogP contribution in [0.25, 0.3) is 0 Å². The summed E-state index contributed by atoms with van der Waals surface area (Å²) < 4.78 is 11.3. The Hall–Kier alpha value is -2.07. The van der Waals surface area contributed by atoms with Crippen LogP contribution in [0.3, 0.4) is 0 Å². The lowest BCUT2D eigenvalue weighted by Crippen LogP contribution is -2.47. The predicted molar refractivity (Wildman–Crippen MR) is 90.1 cm³/mol. The Bertz CT molecular complexity index is 633. The highest BCUT2D eigenvalue weighted by atomic mass is 79.9. The van der Waals surface area contributed by atoms with E-state index in [4.69, 9.17) is 9.47 Å². The van der Waals surface area contributed by atoms with Crippen molar-refractivity contribution in [1.29, 1.82) is 5.26 Å².